The van der Waals surface area contributed by atoms with Crippen molar-refractivity contribution >= 4 is 38.5 Å². The molecule has 6 nitrogen and oxygen atoms in total. The molecule has 0 unspecified atom stereocenters. The molecule has 124 valence electrons. The molecule has 2 heterocycles. The molecule has 8 heteroatoms. The first kappa shape index (κ1) is 15.5. The molecule has 0 fully saturated rings. The lowest BCUT2D eigenvalue weighted by molar-refractivity contribution is 0.601. The first-order chi connectivity index (χ1) is 11.6. The van der Waals surface area contributed by atoms with Gasteiger partial charge in [-0.2, -0.15) is 8.75 Å². The highest BCUT2D eigenvalue weighted by molar-refractivity contribution is 7.93. The molecule has 0 spiro atoms. The van der Waals surface area contributed by atoms with Crippen molar-refractivity contribution in [1.29, 1.82) is 0 Å². The highest BCUT2D eigenvalue weighted by atomic mass is 32.2. The van der Waals surface area contributed by atoms with Crippen LogP contribution >= 0.6 is 11.7 Å². The molecular weight excluding hydrogens is 344 g/mol. The number of rotatable bonds is 3. The van der Waals surface area contributed by atoms with Crippen molar-refractivity contribution in [2.24, 2.45) is 0 Å². The molecule has 0 saturated heterocycles. The van der Waals surface area contributed by atoms with E-state index in [4.69, 9.17) is 0 Å². The van der Waals surface area contributed by atoms with Gasteiger partial charge in [0.1, 0.15) is 15.9 Å². The molecule has 2 aromatic carbocycles. The Morgan fingerprint density at radius 3 is 2.96 bits per heavy atom. The predicted octanol–water partition coefficient (Wildman–Crippen LogP) is 2.45. The van der Waals surface area contributed by atoms with Gasteiger partial charge in [-0.3, -0.25) is 4.72 Å². The Balaban J connectivity index is 1.82. The summed E-state index contributed by atoms with van der Waals surface area (Å²) in [5.41, 5.74) is 4.53. The maximum atomic E-state index is 13.0. The number of nitrogens with zero attached hydrogens (tertiary/aromatic N) is 2. The maximum Gasteiger partial charge on any atom is 0.264 e. The van der Waals surface area contributed by atoms with Crippen LogP contribution in [-0.2, 0) is 23.0 Å². The van der Waals surface area contributed by atoms with E-state index in [0.29, 0.717) is 22.3 Å². The summed E-state index contributed by atoms with van der Waals surface area (Å²) in [4.78, 5) is 0.209. The fraction of sp³-hybridized carbons (Fsp3) is 0.250. The second-order valence-corrected chi connectivity index (χ2v) is 7.97. The van der Waals surface area contributed by atoms with E-state index in [2.05, 4.69) is 18.8 Å². The molecule has 1 aromatic heterocycles. The van der Waals surface area contributed by atoms with E-state index < -0.39 is 10.0 Å². The molecule has 1 aliphatic heterocycles. The second-order valence-electron chi connectivity index (χ2n) is 5.82. The molecular formula is C16H16N4O2S2. The van der Waals surface area contributed by atoms with Crippen LogP contribution < -0.4 is 10.0 Å². The second kappa shape index (κ2) is 5.80. The van der Waals surface area contributed by atoms with E-state index in [9.17, 15) is 8.42 Å². The lowest BCUT2D eigenvalue weighted by Gasteiger charge is -2.21. The van der Waals surface area contributed by atoms with Crippen LogP contribution in [0.4, 0.5) is 5.69 Å². The van der Waals surface area contributed by atoms with Crippen LogP contribution in [0.25, 0.3) is 11.0 Å². The third kappa shape index (κ3) is 2.56. The van der Waals surface area contributed by atoms with Gasteiger partial charge < -0.3 is 5.32 Å². The number of fused-ring (bicyclic) bond motifs is 2. The smallest absolute Gasteiger partial charge is 0.264 e. The summed E-state index contributed by atoms with van der Waals surface area (Å²) >= 11 is 1.02. The monoisotopic (exact) mass is 360 g/mol. The number of anilines is 1. The van der Waals surface area contributed by atoms with Gasteiger partial charge in [-0.25, -0.2) is 8.42 Å². The van der Waals surface area contributed by atoms with Crippen LogP contribution in [0, 0.1) is 6.92 Å². The van der Waals surface area contributed by atoms with Crippen molar-refractivity contribution in [2.75, 3.05) is 11.3 Å². The van der Waals surface area contributed by atoms with Gasteiger partial charge in [0.25, 0.3) is 10.0 Å². The highest BCUT2D eigenvalue weighted by Crippen LogP contribution is 2.29. The zero-order valence-electron chi connectivity index (χ0n) is 13.0. The van der Waals surface area contributed by atoms with Crippen LogP contribution in [0.5, 0.6) is 0 Å². The summed E-state index contributed by atoms with van der Waals surface area (Å²) < 4.78 is 37.1. The largest absolute Gasteiger partial charge is 0.312 e. The molecule has 0 amide bonds. The lowest BCUT2D eigenvalue weighted by Crippen LogP contribution is -2.25. The van der Waals surface area contributed by atoms with Gasteiger partial charge in [0.2, 0.25) is 0 Å². The molecule has 3 aromatic rings. The lowest BCUT2D eigenvalue weighted by atomic mass is 9.99. The summed E-state index contributed by atoms with van der Waals surface area (Å²) in [7, 11) is -3.74. The van der Waals surface area contributed by atoms with Crippen LogP contribution in [0.15, 0.2) is 35.2 Å². The van der Waals surface area contributed by atoms with E-state index in [0.717, 1.165) is 42.4 Å². The zero-order valence-corrected chi connectivity index (χ0v) is 14.7. The first-order valence-electron chi connectivity index (χ1n) is 7.62. The molecule has 0 saturated carbocycles. The number of sulfonamides is 1. The van der Waals surface area contributed by atoms with Gasteiger partial charge in [-0.05, 0) is 48.7 Å². The number of aryl methyl sites for hydroxylation is 1. The third-order valence-corrected chi connectivity index (χ3v) is 6.32. The average molecular weight is 360 g/mol. The fourth-order valence-electron chi connectivity index (χ4n) is 3.09. The number of aromatic nitrogens is 2. The van der Waals surface area contributed by atoms with Crippen LogP contribution in [0.2, 0.25) is 0 Å². The molecule has 0 atom stereocenters. The van der Waals surface area contributed by atoms with Gasteiger partial charge in [-0.1, -0.05) is 18.2 Å². The summed E-state index contributed by atoms with van der Waals surface area (Å²) in [6, 6.07) is 9.28. The zero-order chi connectivity index (χ0) is 16.7. The number of hydrogen-bond acceptors (Lipinski definition) is 6. The van der Waals surface area contributed by atoms with Crippen molar-refractivity contribution in [2.45, 2.75) is 24.8 Å². The summed E-state index contributed by atoms with van der Waals surface area (Å²) in [6.45, 7) is 3.38. The van der Waals surface area contributed by atoms with Gasteiger partial charge in [0.15, 0.2) is 0 Å². The standard InChI is InChI=1S/C16H16N4O2S2/c1-10-5-6-14-15(19-23-18-14)16(10)24(21,22)20-13-4-2-3-11-9-17-8-7-12(11)13/h2-6,17,20H,7-9H2,1H3. The van der Waals surface area contributed by atoms with Crippen molar-refractivity contribution in [3.63, 3.8) is 0 Å². The third-order valence-electron chi connectivity index (χ3n) is 4.23. The number of nitrogens with one attached hydrogen (secondary N) is 2. The molecule has 24 heavy (non-hydrogen) atoms. The minimum absolute atomic E-state index is 0.209. The molecule has 0 aliphatic carbocycles. The summed E-state index contributed by atoms with van der Waals surface area (Å²) in [5.74, 6) is 0. The van der Waals surface area contributed by atoms with E-state index in [1.807, 2.05) is 18.2 Å². The Morgan fingerprint density at radius 1 is 1.21 bits per heavy atom. The van der Waals surface area contributed by atoms with Crippen LogP contribution in [0.3, 0.4) is 0 Å². The van der Waals surface area contributed by atoms with Crippen molar-refractivity contribution in [3.8, 4) is 0 Å². The average Bonchev–Trinajstić information content (AvgIpc) is 3.02. The van der Waals surface area contributed by atoms with Crippen LogP contribution in [0.1, 0.15) is 16.7 Å². The molecule has 0 bridgehead atoms. The highest BCUT2D eigenvalue weighted by Gasteiger charge is 2.24. The summed E-state index contributed by atoms with van der Waals surface area (Å²) in [5, 5.41) is 3.30. The molecule has 4 rings (SSSR count). The van der Waals surface area contributed by atoms with E-state index in [1.54, 1.807) is 19.1 Å². The van der Waals surface area contributed by atoms with Gasteiger partial charge in [0, 0.05) is 6.54 Å². The fourth-order valence-corrected chi connectivity index (χ4v) is 5.17. The molecule has 0 radical (unpaired) electrons. The first-order valence-corrected chi connectivity index (χ1v) is 9.84. The van der Waals surface area contributed by atoms with E-state index in [1.165, 1.54) is 0 Å². The Kier molecular flexibility index (Phi) is 3.75. The SMILES string of the molecule is Cc1ccc2nsnc2c1S(=O)(=O)Nc1cccc2c1CCNC2. The Morgan fingerprint density at radius 2 is 2.08 bits per heavy atom. The van der Waals surface area contributed by atoms with Gasteiger partial charge in [-0.15, -0.1) is 0 Å². The van der Waals surface area contributed by atoms with E-state index >= 15 is 0 Å². The topological polar surface area (TPSA) is 84.0 Å². The Bertz CT molecular complexity index is 1030. The number of hydrogen-bond donors (Lipinski definition) is 2. The van der Waals surface area contributed by atoms with Crippen molar-refractivity contribution < 1.29 is 8.42 Å². The quantitative estimate of drug-likeness (QED) is 0.749. The van der Waals surface area contributed by atoms with E-state index in [-0.39, 0.29) is 4.90 Å². The Hall–Kier alpha value is -2.03. The minimum Gasteiger partial charge on any atom is -0.312 e. The number of benzene rings is 2. The normalized spacial score (nSPS) is 14.5. The van der Waals surface area contributed by atoms with Crippen molar-refractivity contribution in [1.82, 2.24) is 14.1 Å². The minimum atomic E-state index is -3.74. The molecule has 2 N–H and O–H groups in total. The maximum absolute atomic E-state index is 13.0. The molecule has 1 aliphatic rings. The summed E-state index contributed by atoms with van der Waals surface area (Å²) in [6.07, 6.45) is 0.801. The van der Waals surface area contributed by atoms with Gasteiger partial charge in [0.05, 0.1) is 17.4 Å². The van der Waals surface area contributed by atoms with Crippen LogP contribution in [-0.4, -0.2) is 23.7 Å². The predicted molar refractivity (Wildman–Crippen MR) is 94.8 cm³/mol. The Labute approximate surface area is 144 Å². The van der Waals surface area contributed by atoms with Gasteiger partial charge >= 0.3 is 0 Å². The van der Waals surface area contributed by atoms with Crippen molar-refractivity contribution in [3.05, 3.63) is 47.0 Å².